The maximum absolute atomic E-state index is 12.2. The zero-order valence-corrected chi connectivity index (χ0v) is 13.7. The molecule has 8 heteroatoms. The van der Waals surface area contributed by atoms with Crippen molar-refractivity contribution in [3.8, 4) is 5.82 Å². The lowest BCUT2D eigenvalue weighted by atomic mass is 10.0. The van der Waals surface area contributed by atoms with E-state index in [9.17, 15) is 9.90 Å². The predicted molar refractivity (Wildman–Crippen MR) is 90.1 cm³/mol. The van der Waals surface area contributed by atoms with E-state index < -0.39 is 0 Å². The van der Waals surface area contributed by atoms with E-state index >= 15 is 0 Å². The van der Waals surface area contributed by atoms with Crippen molar-refractivity contribution in [2.24, 2.45) is 5.92 Å². The Hall–Kier alpha value is -2.58. The van der Waals surface area contributed by atoms with Crippen molar-refractivity contribution >= 4 is 17.2 Å². The molecule has 1 atom stereocenters. The lowest BCUT2D eigenvalue weighted by molar-refractivity contribution is 0.0939. The molecule has 0 fully saturated rings. The van der Waals surface area contributed by atoms with E-state index in [1.807, 2.05) is 11.4 Å². The summed E-state index contributed by atoms with van der Waals surface area (Å²) >= 11 is 1.63. The number of nitrogens with one attached hydrogen (secondary N) is 1. The summed E-state index contributed by atoms with van der Waals surface area (Å²) < 4.78 is 1.66. The van der Waals surface area contributed by atoms with E-state index in [2.05, 4.69) is 25.9 Å². The number of nitrogens with zero attached hydrogens (tertiary/aromatic N) is 4. The van der Waals surface area contributed by atoms with Crippen LogP contribution < -0.4 is 5.32 Å². The number of amides is 1. The number of aliphatic hydroxyl groups excluding tert-OH is 1. The minimum Gasteiger partial charge on any atom is -0.396 e. The largest absolute Gasteiger partial charge is 0.396 e. The van der Waals surface area contributed by atoms with Crippen LogP contribution in [0.5, 0.6) is 0 Å². The third kappa shape index (κ3) is 4.03. The number of hydrogen-bond donors (Lipinski definition) is 2. The van der Waals surface area contributed by atoms with Crippen LogP contribution in [0.25, 0.3) is 5.82 Å². The van der Waals surface area contributed by atoms with Crippen LogP contribution in [0.2, 0.25) is 0 Å². The summed E-state index contributed by atoms with van der Waals surface area (Å²) in [5.41, 5.74) is 1.65. The SMILES string of the molecule is O=C(NC[C@H](CO)Cc1ccsc1)c1ccc(-n2cnnc2)nc1. The second kappa shape index (κ2) is 7.80. The molecule has 3 aromatic rings. The van der Waals surface area contributed by atoms with Crippen molar-refractivity contribution in [1.82, 2.24) is 25.1 Å². The first kappa shape index (κ1) is 16.3. The fraction of sp³-hybridized carbons (Fsp3) is 0.250. The maximum Gasteiger partial charge on any atom is 0.252 e. The summed E-state index contributed by atoms with van der Waals surface area (Å²) in [7, 11) is 0. The number of pyridine rings is 1. The van der Waals surface area contributed by atoms with E-state index in [-0.39, 0.29) is 18.4 Å². The zero-order chi connectivity index (χ0) is 16.8. The van der Waals surface area contributed by atoms with Gasteiger partial charge >= 0.3 is 0 Å². The van der Waals surface area contributed by atoms with E-state index in [0.29, 0.717) is 17.9 Å². The number of aliphatic hydroxyl groups is 1. The highest BCUT2D eigenvalue weighted by Crippen LogP contribution is 2.12. The second-order valence-corrected chi connectivity index (χ2v) is 6.15. The van der Waals surface area contributed by atoms with Crippen molar-refractivity contribution in [3.05, 3.63) is 58.9 Å². The molecule has 124 valence electrons. The molecule has 2 N–H and O–H groups in total. The van der Waals surface area contributed by atoms with Gasteiger partial charge in [-0.25, -0.2) is 4.98 Å². The van der Waals surface area contributed by atoms with Gasteiger partial charge in [-0.05, 0) is 40.9 Å². The lowest BCUT2D eigenvalue weighted by Crippen LogP contribution is -2.31. The fourth-order valence-electron chi connectivity index (χ4n) is 2.27. The van der Waals surface area contributed by atoms with Crippen LogP contribution in [0.1, 0.15) is 15.9 Å². The normalized spacial score (nSPS) is 12.0. The van der Waals surface area contributed by atoms with Gasteiger partial charge in [-0.2, -0.15) is 11.3 Å². The minimum absolute atomic E-state index is 0.00666. The smallest absolute Gasteiger partial charge is 0.252 e. The highest BCUT2D eigenvalue weighted by Gasteiger charge is 2.12. The summed E-state index contributed by atoms with van der Waals surface area (Å²) in [6.07, 6.45) is 5.33. The third-order valence-corrected chi connectivity index (χ3v) is 4.34. The molecule has 0 aromatic carbocycles. The summed E-state index contributed by atoms with van der Waals surface area (Å²) in [5.74, 6) is 0.427. The van der Waals surface area contributed by atoms with Gasteiger partial charge in [0.25, 0.3) is 5.91 Å². The Morgan fingerprint density at radius 2 is 2.12 bits per heavy atom. The molecule has 0 radical (unpaired) electrons. The lowest BCUT2D eigenvalue weighted by Gasteiger charge is -2.14. The van der Waals surface area contributed by atoms with Gasteiger partial charge in [0.15, 0.2) is 0 Å². The number of rotatable bonds is 7. The number of hydrogen-bond acceptors (Lipinski definition) is 6. The molecular formula is C16H17N5O2S. The van der Waals surface area contributed by atoms with Gasteiger partial charge in [-0.1, -0.05) is 0 Å². The molecule has 3 aromatic heterocycles. The van der Waals surface area contributed by atoms with Gasteiger partial charge in [0, 0.05) is 25.3 Å². The monoisotopic (exact) mass is 343 g/mol. The Balaban J connectivity index is 1.56. The Morgan fingerprint density at radius 3 is 2.75 bits per heavy atom. The zero-order valence-electron chi connectivity index (χ0n) is 12.9. The topological polar surface area (TPSA) is 92.9 Å². The van der Waals surface area contributed by atoms with Crippen molar-refractivity contribution in [3.63, 3.8) is 0 Å². The standard InChI is InChI=1S/C16H17N5O2S/c22-8-13(5-12-3-4-24-9-12)6-18-16(23)14-1-2-15(17-7-14)21-10-19-20-11-21/h1-4,7,9-11,13,22H,5-6,8H2,(H,18,23)/t13-/m1/s1. The van der Waals surface area contributed by atoms with Gasteiger partial charge in [0.2, 0.25) is 0 Å². The molecule has 1 amide bonds. The fourth-order valence-corrected chi connectivity index (χ4v) is 2.96. The molecule has 7 nitrogen and oxygen atoms in total. The highest BCUT2D eigenvalue weighted by molar-refractivity contribution is 7.07. The molecule has 0 aliphatic heterocycles. The van der Waals surface area contributed by atoms with Crippen molar-refractivity contribution < 1.29 is 9.90 Å². The molecule has 3 rings (SSSR count). The van der Waals surface area contributed by atoms with Crippen molar-refractivity contribution in [2.75, 3.05) is 13.2 Å². The van der Waals surface area contributed by atoms with Gasteiger partial charge in [-0.15, -0.1) is 10.2 Å². The summed E-state index contributed by atoms with van der Waals surface area (Å²) in [6.45, 7) is 0.444. The number of carbonyl (C=O) groups excluding carboxylic acids is 1. The predicted octanol–water partition coefficient (Wildman–Crippen LogP) is 1.30. The number of aromatic nitrogens is 4. The molecular weight excluding hydrogens is 326 g/mol. The van der Waals surface area contributed by atoms with Crippen LogP contribution >= 0.6 is 11.3 Å². The Labute approximate surface area is 143 Å². The van der Waals surface area contributed by atoms with Crippen LogP contribution in [0, 0.1) is 5.92 Å². The van der Waals surface area contributed by atoms with Crippen LogP contribution in [0.4, 0.5) is 0 Å². The number of thiophene rings is 1. The van der Waals surface area contributed by atoms with Crippen LogP contribution in [0.15, 0.2) is 47.8 Å². The quantitative estimate of drug-likeness (QED) is 0.675. The average molecular weight is 343 g/mol. The molecule has 0 bridgehead atoms. The first-order chi connectivity index (χ1) is 11.8. The van der Waals surface area contributed by atoms with Crippen molar-refractivity contribution in [2.45, 2.75) is 6.42 Å². The van der Waals surface area contributed by atoms with E-state index in [1.165, 1.54) is 11.8 Å². The summed E-state index contributed by atoms with van der Waals surface area (Å²) in [6, 6.07) is 5.46. The third-order valence-electron chi connectivity index (χ3n) is 3.61. The number of carbonyl (C=O) groups is 1. The van der Waals surface area contributed by atoms with Crippen LogP contribution in [-0.2, 0) is 6.42 Å². The first-order valence-electron chi connectivity index (χ1n) is 7.47. The van der Waals surface area contributed by atoms with E-state index in [1.54, 1.807) is 40.7 Å². The van der Waals surface area contributed by atoms with Crippen LogP contribution in [-0.4, -0.2) is 43.9 Å². The Bertz CT molecular complexity index is 756. The first-order valence-corrected chi connectivity index (χ1v) is 8.41. The van der Waals surface area contributed by atoms with Gasteiger partial charge in [-0.3, -0.25) is 9.36 Å². The highest BCUT2D eigenvalue weighted by atomic mass is 32.1. The van der Waals surface area contributed by atoms with Gasteiger partial charge in [0.1, 0.15) is 18.5 Å². The summed E-state index contributed by atoms with van der Waals surface area (Å²) in [4.78, 5) is 16.4. The minimum atomic E-state index is -0.207. The van der Waals surface area contributed by atoms with Crippen LogP contribution in [0.3, 0.4) is 0 Å². The molecule has 0 saturated heterocycles. The van der Waals surface area contributed by atoms with E-state index in [4.69, 9.17) is 0 Å². The van der Waals surface area contributed by atoms with Gasteiger partial charge < -0.3 is 10.4 Å². The molecule has 24 heavy (non-hydrogen) atoms. The molecule has 0 spiro atoms. The average Bonchev–Trinajstić information content (AvgIpc) is 3.32. The molecule has 0 unspecified atom stereocenters. The summed E-state index contributed by atoms with van der Waals surface area (Å²) in [5, 5.41) is 23.8. The molecule has 0 aliphatic rings. The molecule has 0 aliphatic carbocycles. The van der Waals surface area contributed by atoms with Crippen molar-refractivity contribution in [1.29, 1.82) is 0 Å². The Kier molecular flexibility index (Phi) is 5.29. The second-order valence-electron chi connectivity index (χ2n) is 5.37. The van der Waals surface area contributed by atoms with E-state index in [0.717, 1.165) is 6.42 Å². The molecule has 0 saturated carbocycles. The molecule has 3 heterocycles. The Morgan fingerprint density at radius 1 is 1.29 bits per heavy atom. The van der Waals surface area contributed by atoms with Gasteiger partial charge in [0.05, 0.1) is 5.56 Å². The maximum atomic E-state index is 12.2.